The van der Waals surface area contributed by atoms with E-state index in [0.29, 0.717) is 17.9 Å². The molecule has 4 atom stereocenters. The number of fused-ring (bicyclic) bond motifs is 1. The Balaban J connectivity index is 1.53. The van der Waals surface area contributed by atoms with Gasteiger partial charge in [0.1, 0.15) is 17.6 Å². The summed E-state index contributed by atoms with van der Waals surface area (Å²) >= 11 is 0. The van der Waals surface area contributed by atoms with Crippen molar-refractivity contribution in [2.24, 2.45) is 5.92 Å². The molecule has 0 spiro atoms. The van der Waals surface area contributed by atoms with Gasteiger partial charge in [-0.2, -0.15) is 0 Å². The normalized spacial score (nSPS) is 23.0. The largest absolute Gasteiger partial charge is 0.494 e. The summed E-state index contributed by atoms with van der Waals surface area (Å²) in [5, 5.41) is 0. The number of hydrogen-bond donors (Lipinski definition) is 2. The number of carbonyl (C=O) groups excluding carboxylic acids is 2. The van der Waals surface area contributed by atoms with Crippen LogP contribution in [0.15, 0.2) is 72.8 Å². The summed E-state index contributed by atoms with van der Waals surface area (Å²) in [4.78, 5) is 27.6. The zero-order valence-electron chi connectivity index (χ0n) is 20.1. The lowest BCUT2D eigenvalue weighted by atomic mass is 9.83. The van der Waals surface area contributed by atoms with Crippen molar-refractivity contribution in [3.05, 3.63) is 95.3 Å². The van der Waals surface area contributed by atoms with Crippen molar-refractivity contribution in [3.63, 3.8) is 0 Å². The van der Waals surface area contributed by atoms with Crippen molar-refractivity contribution in [2.45, 2.75) is 32.0 Å². The predicted molar refractivity (Wildman–Crippen MR) is 133 cm³/mol. The van der Waals surface area contributed by atoms with E-state index >= 15 is 0 Å². The summed E-state index contributed by atoms with van der Waals surface area (Å²) in [7, 11) is 0. The van der Waals surface area contributed by atoms with Crippen LogP contribution in [0.2, 0.25) is 0 Å². The Labute approximate surface area is 209 Å². The van der Waals surface area contributed by atoms with Gasteiger partial charge in [0.05, 0.1) is 30.9 Å². The van der Waals surface area contributed by atoms with Gasteiger partial charge in [0.25, 0.3) is 0 Å². The third-order valence-electron chi connectivity index (χ3n) is 6.73. The predicted octanol–water partition coefficient (Wildman–Crippen LogP) is 4.32. The molecule has 2 N–H and O–H groups in total. The zero-order valence-corrected chi connectivity index (χ0v) is 20.1. The lowest BCUT2D eigenvalue weighted by Crippen LogP contribution is -2.41. The van der Waals surface area contributed by atoms with Gasteiger partial charge in [-0.1, -0.05) is 24.3 Å². The van der Waals surface area contributed by atoms with Gasteiger partial charge in [0, 0.05) is 11.6 Å². The first-order valence-electron chi connectivity index (χ1n) is 12.1. The van der Waals surface area contributed by atoms with Crippen LogP contribution < -0.4 is 20.5 Å². The second kappa shape index (κ2) is 10.1. The van der Waals surface area contributed by atoms with Crippen molar-refractivity contribution >= 4 is 17.6 Å². The summed E-state index contributed by atoms with van der Waals surface area (Å²) in [6, 6.07) is 19.9. The Morgan fingerprint density at radius 3 is 2.14 bits per heavy atom. The van der Waals surface area contributed by atoms with Crippen LogP contribution >= 0.6 is 0 Å². The quantitative estimate of drug-likeness (QED) is 0.481. The fourth-order valence-corrected chi connectivity index (χ4v) is 5.15. The Hall–Kier alpha value is -3.75. The summed E-state index contributed by atoms with van der Waals surface area (Å²) < 4.78 is 24.5. The molecule has 0 bridgehead atoms. The molecule has 3 aromatic rings. The summed E-state index contributed by atoms with van der Waals surface area (Å²) in [5.74, 6) is -0.240. The van der Waals surface area contributed by atoms with E-state index in [9.17, 15) is 14.0 Å². The maximum atomic E-state index is 13.8. The number of hydrogen-bond acceptors (Lipinski definition) is 6. The molecule has 0 aromatic heterocycles. The number of rotatable bonds is 7. The Morgan fingerprint density at radius 2 is 1.50 bits per heavy atom. The molecule has 2 saturated heterocycles. The van der Waals surface area contributed by atoms with E-state index in [0.717, 1.165) is 16.9 Å². The van der Waals surface area contributed by atoms with Crippen LogP contribution in [0.1, 0.15) is 47.4 Å². The van der Waals surface area contributed by atoms with Crippen LogP contribution in [-0.2, 0) is 9.53 Å². The van der Waals surface area contributed by atoms with Gasteiger partial charge >= 0.3 is 5.97 Å². The zero-order chi connectivity index (χ0) is 25.2. The van der Waals surface area contributed by atoms with Crippen LogP contribution in [0, 0.1) is 11.7 Å². The van der Waals surface area contributed by atoms with E-state index in [4.69, 9.17) is 9.47 Å². The number of benzene rings is 3. The highest BCUT2D eigenvalue weighted by Crippen LogP contribution is 2.49. The Morgan fingerprint density at radius 1 is 0.861 bits per heavy atom. The molecule has 5 rings (SSSR count). The Bertz CT molecular complexity index is 1230. The minimum atomic E-state index is -0.485. The van der Waals surface area contributed by atoms with E-state index in [1.54, 1.807) is 48.2 Å². The topological polar surface area (TPSA) is 79.9 Å². The van der Waals surface area contributed by atoms with Crippen LogP contribution in [0.4, 0.5) is 10.1 Å². The van der Waals surface area contributed by atoms with Gasteiger partial charge in [-0.15, -0.1) is 0 Å². The third-order valence-corrected chi connectivity index (χ3v) is 6.73. The molecule has 36 heavy (non-hydrogen) atoms. The number of anilines is 1. The molecule has 4 unspecified atom stereocenters. The first-order chi connectivity index (χ1) is 17.5. The van der Waals surface area contributed by atoms with Crippen LogP contribution in [-0.4, -0.2) is 31.1 Å². The number of esters is 1. The maximum absolute atomic E-state index is 13.8. The molecule has 0 aliphatic carbocycles. The maximum Gasteiger partial charge on any atom is 0.338 e. The van der Waals surface area contributed by atoms with E-state index in [-0.39, 0.29) is 36.3 Å². The average Bonchev–Trinajstić information content (AvgIpc) is 3.44. The van der Waals surface area contributed by atoms with Crippen molar-refractivity contribution in [1.82, 2.24) is 10.9 Å². The number of ether oxygens (including phenoxy) is 2. The molecular formula is C28H28FN3O4. The number of hydrazine groups is 1. The van der Waals surface area contributed by atoms with E-state index in [1.807, 2.05) is 31.2 Å². The molecule has 2 aliphatic heterocycles. The van der Waals surface area contributed by atoms with E-state index < -0.39 is 12.0 Å². The minimum absolute atomic E-state index is 0.0980. The Kier molecular flexibility index (Phi) is 6.71. The van der Waals surface area contributed by atoms with Crippen LogP contribution in [0.5, 0.6) is 5.75 Å². The average molecular weight is 490 g/mol. The molecule has 8 heteroatoms. The fraction of sp³-hybridized carbons (Fsp3) is 0.286. The standard InChI is InChI=1S/C28H28FN3O4/c1-3-35-22-15-9-17(10-16-22)24-23-25(31-30-24)27(33)32(26(23)18-5-11-20(29)12-6-18)21-13-7-19(8-14-21)28(34)36-4-2/h5-16,23-26,30-31H,3-4H2,1-2H3. The molecule has 7 nitrogen and oxygen atoms in total. The first-order valence-corrected chi connectivity index (χ1v) is 12.1. The lowest BCUT2D eigenvalue weighted by Gasteiger charge is -2.31. The summed E-state index contributed by atoms with van der Waals surface area (Å²) in [6.45, 7) is 4.56. The highest BCUT2D eigenvalue weighted by Gasteiger charge is 2.56. The smallest absolute Gasteiger partial charge is 0.338 e. The van der Waals surface area contributed by atoms with Crippen LogP contribution in [0.25, 0.3) is 0 Å². The van der Waals surface area contributed by atoms with E-state index in [1.165, 1.54) is 12.1 Å². The van der Waals surface area contributed by atoms with Crippen molar-refractivity contribution in [1.29, 1.82) is 0 Å². The number of nitrogens with zero attached hydrogens (tertiary/aromatic N) is 1. The molecule has 0 radical (unpaired) electrons. The van der Waals surface area contributed by atoms with Gasteiger partial charge in [0.15, 0.2) is 0 Å². The third kappa shape index (κ3) is 4.34. The van der Waals surface area contributed by atoms with Gasteiger partial charge in [0.2, 0.25) is 5.91 Å². The summed E-state index contributed by atoms with van der Waals surface area (Å²) in [6.07, 6.45) is 0. The highest BCUT2D eigenvalue weighted by molar-refractivity contribution is 6.02. The highest BCUT2D eigenvalue weighted by atomic mass is 19.1. The first kappa shape index (κ1) is 24.0. The van der Waals surface area contributed by atoms with Crippen molar-refractivity contribution in [2.75, 3.05) is 18.1 Å². The molecule has 2 aliphatic rings. The van der Waals surface area contributed by atoms with Gasteiger partial charge < -0.3 is 14.4 Å². The van der Waals surface area contributed by atoms with Crippen molar-refractivity contribution in [3.8, 4) is 5.75 Å². The molecule has 3 aromatic carbocycles. The number of halogens is 1. The summed E-state index contributed by atoms with van der Waals surface area (Å²) in [5.41, 5.74) is 9.41. The minimum Gasteiger partial charge on any atom is -0.494 e. The molecule has 0 saturated carbocycles. The fourth-order valence-electron chi connectivity index (χ4n) is 5.15. The molecule has 1 amide bonds. The monoisotopic (exact) mass is 489 g/mol. The molecule has 186 valence electrons. The van der Waals surface area contributed by atoms with Crippen molar-refractivity contribution < 1.29 is 23.5 Å². The second-order valence-electron chi connectivity index (χ2n) is 8.80. The molecule has 2 heterocycles. The number of nitrogens with one attached hydrogen (secondary N) is 2. The second-order valence-corrected chi connectivity index (χ2v) is 8.80. The number of carbonyl (C=O) groups is 2. The van der Waals surface area contributed by atoms with Gasteiger partial charge in [-0.05, 0) is 73.5 Å². The van der Waals surface area contributed by atoms with Gasteiger partial charge in [-0.3, -0.25) is 4.79 Å². The SMILES string of the molecule is CCOC(=O)c1ccc(N2C(=O)C3NNC(c4ccc(OCC)cc4)C3C2c2ccc(F)cc2)cc1. The van der Waals surface area contributed by atoms with Crippen LogP contribution in [0.3, 0.4) is 0 Å². The van der Waals surface area contributed by atoms with E-state index in [2.05, 4.69) is 10.9 Å². The lowest BCUT2D eigenvalue weighted by molar-refractivity contribution is -0.119. The van der Waals surface area contributed by atoms with Gasteiger partial charge in [-0.25, -0.2) is 20.0 Å². The molecular weight excluding hydrogens is 461 g/mol. The number of amides is 1. The molecule has 2 fully saturated rings.